The summed E-state index contributed by atoms with van der Waals surface area (Å²) < 4.78 is 26.3. The second-order valence-electron chi connectivity index (χ2n) is 3.51. The molecular weight excluding hydrogens is 254 g/mol. The Bertz CT molecular complexity index is 635. The van der Waals surface area contributed by atoms with Crippen molar-refractivity contribution in [1.29, 1.82) is 5.26 Å². The third-order valence-electron chi connectivity index (χ3n) is 2.30. The molecule has 2 rings (SSSR count). The Balaban J connectivity index is 2.38. The molecule has 18 heavy (non-hydrogen) atoms. The van der Waals surface area contributed by atoms with E-state index >= 15 is 0 Å². The van der Waals surface area contributed by atoms with E-state index in [1.165, 1.54) is 12.1 Å². The van der Waals surface area contributed by atoms with Gasteiger partial charge in [0.15, 0.2) is 0 Å². The summed E-state index contributed by atoms with van der Waals surface area (Å²) in [6, 6.07) is 10.2. The first-order valence-electron chi connectivity index (χ1n) is 5.03. The molecule has 0 radical (unpaired) electrons. The highest BCUT2D eigenvalue weighted by molar-refractivity contribution is 7.99. The van der Waals surface area contributed by atoms with E-state index in [1.807, 2.05) is 6.07 Å². The molecule has 0 saturated carbocycles. The van der Waals surface area contributed by atoms with Crippen LogP contribution in [0.1, 0.15) is 5.56 Å². The number of hydrogen-bond acceptors (Lipinski definition) is 3. The minimum Gasteiger partial charge on any atom is -0.397 e. The number of para-hydroxylation sites is 1. The van der Waals surface area contributed by atoms with Gasteiger partial charge in [-0.05, 0) is 24.3 Å². The molecule has 0 unspecified atom stereocenters. The van der Waals surface area contributed by atoms with E-state index in [-0.39, 0.29) is 4.90 Å². The van der Waals surface area contributed by atoms with E-state index in [0.29, 0.717) is 16.1 Å². The maximum Gasteiger partial charge on any atom is 0.140 e. The minimum atomic E-state index is -0.651. The largest absolute Gasteiger partial charge is 0.397 e. The maximum atomic E-state index is 13.5. The Labute approximate surface area is 107 Å². The zero-order valence-electron chi connectivity index (χ0n) is 9.15. The van der Waals surface area contributed by atoms with Crippen LogP contribution in [0.2, 0.25) is 0 Å². The van der Waals surface area contributed by atoms with Gasteiger partial charge in [0, 0.05) is 15.9 Å². The standard InChI is InChI=1S/C13H8F2N2S/c14-9-4-5-11(10(15)6-9)18-12-3-1-2-8(7-16)13(12)17/h1-6H,17H2. The number of nitrogens with two attached hydrogens (primary N) is 1. The molecule has 0 aliphatic carbocycles. The monoisotopic (exact) mass is 262 g/mol. The Kier molecular flexibility index (Phi) is 3.49. The van der Waals surface area contributed by atoms with Crippen LogP contribution in [-0.2, 0) is 0 Å². The minimum absolute atomic E-state index is 0.262. The van der Waals surface area contributed by atoms with Crippen LogP contribution in [0.4, 0.5) is 14.5 Å². The van der Waals surface area contributed by atoms with Gasteiger partial charge in [-0.3, -0.25) is 0 Å². The topological polar surface area (TPSA) is 49.8 Å². The lowest BCUT2D eigenvalue weighted by Gasteiger charge is -2.07. The van der Waals surface area contributed by atoms with Crippen molar-refractivity contribution in [2.45, 2.75) is 9.79 Å². The van der Waals surface area contributed by atoms with Crippen molar-refractivity contribution in [3.05, 3.63) is 53.6 Å². The van der Waals surface area contributed by atoms with E-state index in [4.69, 9.17) is 11.0 Å². The average Bonchev–Trinajstić information content (AvgIpc) is 2.35. The summed E-state index contributed by atoms with van der Waals surface area (Å²) in [6.07, 6.45) is 0. The van der Waals surface area contributed by atoms with Crippen LogP contribution in [-0.4, -0.2) is 0 Å². The first-order valence-corrected chi connectivity index (χ1v) is 5.85. The van der Waals surface area contributed by atoms with Gasteiger partial charge in [-0.2, -0.15) is 5.26 Å². The number of benzene rings is 2. The zero-order chi connectivity index (χ0) is 13.1. The molecule has 0 aliphatic heterocycles. The van der Waals surface area contributed by atoms with Gasteiger partial charge >= 0.3 is 0 Å². The van der Waals surface area contributed by atoms with Crippen molar-refractivity contribution in [2.75, 3.05) is 5.73 Å². The molecule has 5 heteroatoms. The second-order valence-corrected chi connectivity index (χ2v) is 4.59. The van der Waals surface area contributed by atoms with Gasteiger partial charge in [0.05, 0.1) is 11.3 Å². The van der Waals surface area contributed by atoms with Gasteiger partial charge in [-0.1, -0.05) is 17.8 Å². The lowest BCUT2D eigenvalue weighted by molar-refractivity contribution is 0.566. The van der Waals surface area contributed by atoms with Crippen LogP contribution < -0.4 is 5.73 Å². The summed E-state index contributed by atoms with van der Waals surface area (Å²) in [4.78, 5) is 0.831. The number of nitrogens with zero attached hydrogens (tertiary/aromatic N) is 1. The number of anilines is 1. The van der Waals surface area contributed by atoms with E-state index < -0.39 is 11.6 Å². The van der Waals surface area contributed by atoms with Crippen molar-refractivity contribution < 1.29 is 8.78 Å². The number of halogens is 2. The summed E-state index contributed by atoms with van der Waals surface area (Å²) in [7, 11) is 0. The van der Waals surface area contributed by atoms with Crippen molar-refractivity contribution >= 4 is 17.4 Å². The molecule has 2 nitrogen and oxygen atoms in total. The van der Waals surface area contributed by atoms with Crippen LogP contribution in [0.3, 0.4) is 0 Å². The van der Waals surface area contributed by atoms with Crippen LogP contribution in [0, 0.1) is 23.0 Å². The van der Waals surface area contributed by atoms with E-state index in [9.17, 15) is 8.78 Å². The van der Waals surface area contributed by atoms with Gasteiger partial charge in [0.1, 0.15) is 17.7 Å². The lowest BCUT2D eigenvalue weighted by Crippen LogP contribution is -1.93. The molecule has 0 aliphatic rings. The van der Waals surface area contributed by atoms with Gasteiger partial charge < -0.3 is 5.73 Å². The van der Waals surface area contributed by atoms with Gasteiger partial charge in [-0.25, -0.2) is 8.78 Å². The van der Waals surface area contributed by atoms with Gasteiger partial charge in [0.25, 0.3) is 0 Å². The molecule has 2 aromatic rings. The Morgan fingerprint density at radius 2 is 1.89 bits per heavy atom. The first-order chi connectivity index (χ1) is 8.61. The third-order valence-corrected chi connectivity index (χ3v) is 3.43. The molecular formula is C13H8F2N2S. The molecule has 2 N–H and O–H groups in total. The van der Waals surface area contributed by atoms with E-state index in [0.717, 1.165) is 17.8 Å². The fourth-order valence-electron chi connectivity index (χ4n) is 1.41. The molecule has 0 fully saturated rings. The van der Waals surface area contributed by atoms with Crippen LogP contribution in [0.15, 0.2) is 46.2 Å². The molecule has 90 valence electrons. The lowest BCUT2D eigenvalue weighted by atomic mass is 10.2. The molecule has 0 bridgehead atoms. The van der Waals surface area contributed by atoms with Crippen molar-refractivity contribution in [3.8, 4) is 6.07 Å². The zero-order valence-corrected chi connectivity index (χ0v) is 9.97. The fourth-order valence-corrected chi connectivity index (χ4v) is 2.30. The van der Waals surface area contributed by atoms with Crippen LogP contribution in [0.5, 0.6) is 0 Å². The Morgan fingerprint density at radius 1 is 1.11 bits per heavy atom. The fraction of sp³-hybridized carbons (Fsp3) is 0. The molecule has 0 saturated heterocycles. The molecule has 0 aromatic heterocycles. The number of nitrogen functional groups attached to an aromatic ring is 1. The summed E-state index contributed by atoms with van der Waals surface area (Å²) in [5.74, 6) is -1.28. The van der Waals surface area contributed by atoms with Gasteiger partial charge in [0.2, 0.25) is 0 Å². The number of nitriles is 1. The molecule has 0 amide bonds. The predicted octanol–water partition coefficient (Wildman–Crippen LogP) is 3.57. The highest BCUT2D eigenvalue weighted by Gasteiger charge is 2.10. The van der Waals surface area contributed by atoms with Crippen LogP contribution in [0.25, 0.3) is 0 Å². The summed E-state index contributed by atoms with van der Waals surface area (Å²) >= 11 is 1.06. The molecule has 0 heterocycles. The average molecular weight is 262 g/mol. The second kappa shape index (κ2) is 5.07. The van der Waals surface area contributed by atoms with Crippen molar-refractivity contribution in [2.24, 2.45) is 0 Å². The number of hydrogen-bond donors (Lipinski definition) is 1. The Hall–Kier alpha value is -2.06. The SMILES string of the molecule is N#Cc1cccc(Sc2ccc(F)cc2F)c1N. The van der Waals surface area contributed by atoms with Crippen molar-refractivity contribution in [1.82, 2.24) is 0 Å². The van der Waals surface area contributed by atoms with Crippen LogP contribution >= 0.6 is 11.8 Å². The molecule has 0 atom stereocenters. The normalized spacial score (nSPS) is 10.1. The smallest absolute Gasteiger partial charge is 0.140 e. The maximum absolute atomic E-state index is 13.5. The number of rotatable bonds is 2. The molecule has 0 spiro atoms. The highest BCUT2D eigenvalue weighted by Crippen LogP contribution is 2.35. The highest BCUT2D eigenvalue weighted by atomic mass is 32.2. The van der Waals surface area contributed by atoms with E-state index in [1.54, 1.807) is 18.2 Å². The summed E-state index contributed by atoms with van der Waals surface area (Å²) in [6.45, 7) is 0. The first kappa shape index (κ1) is 12.4. The summed E-state index contributed by atoms with van der Waals surface area (Å²) in [5.41, 5.74) is 6.42. The third kappa shape index (κ3) is 2.44. The van der Waals surface area contributed by atoms with Crippen molar-refractivity contribution in [3.63, 3.8) is 0 Å². The van der Waals surface area contributed by atoms with E-state index in [2.05, 4.69) is 0 Å². The quantitative estimate of drug-likeness (QED) is 0.842. The van der Waals surface area contributed by atoms with Gasteiger partial charge in [-0.15, -0.1) is 0 Å². The summed E-state index contributed by atoms with van der Waals surface area (Å²) in [5, 5.41) is 8.84. The Morgan fingerprint density at radius 3 is 2.56 bits per heavy atom. The predicted molar refractivity (Wildman–Crippen MR) is 66.1 cm³/mol. The molecule has 2 aromatic carbocycles.